The molecular weight excluding hydrogens is 430 g/mol. The maximum atomic E-state index is 13.8. The van der Waals surface area contributed by atoms with Crippen molar-refractivity contribution in [2.75, 3.05) is 26.7 Å². The second-order valence-electron chi connectivity index (χ2n) is 10.6. The summed E-state index contributed by atoms with van der Waals surface area (Å²) in [6.07, 6.45) is 4.23. The molecule has 0 saturated carbocycles. The van der Waals surface area contributed by atoms with Gasteiger partial charge in [-0.15, -0.1) is 0 Å². The fraction of sp³-hybridized carbons (Fsp3) is 0.704. The Hall–Kier alpha value is -2.12. The summed E-state index contributed by atoms with van der Waals surface area (Å²) in [6.45, 7) is 11.8. The second kappa shape index (κ2) is 11.1. The topological polar surface area (TPSA) is 71.1 Å². The summed E-state index contributed by atoms with van der Waals surface area (Å²) in [5, 5.41) is 7.17. The number of nitrogens with one attached hydrogen (secondary N) is 1. The van der Waals surface area contributed by atoms with Crippen LogP contribution in [0.2, 0.25) is 0 Å². The van der Waals surface area contributed by atoms with Gasteiger partial charge in [0.2, 0.25) is 5.91 Å². The molecule has 1 N–H and O–H groups in total. The van der Waals surface area contributed by atoms with Crippen LogP contribution in [0.1, 0.15) is 78.2 Å². The van der Waals surface area contributed by atoms with Gasteiger partial charge in [-0.3, -0.25) is 9.80 Å². The van der Waals surface area contributed by atoms with E-state index in [0.717, 1.165) is 44.2 Å². The standard InChI is InChI=1S/C27H43N3O4/c1-7-27(8-2,33-6)23-15-12-17-29(23)30-18-16-21(24(30)31)22(20-13-10-9-11-14-20)19-28-25(32)34-26(3,4)5/h9-11,13-14,21-23H,7-8,12,15-19H2,1-6H3,(H,28,32)/t21-,22+,23+/m1/s1. The van der Waals surface area contributed by atoms with E-state index in [0.29, 0.717) is 13.1 Å². The average Bonchev–Trinajstić information content (AvgIpc) is 3.43. The number of carbonyl (C=O) groups is 2. The van der Waals surface area contributed by atoms with Crippen LogP contribution in [0.5, 0.6) is 0 Å². The van der Waals surface area contributed by atoms with Crippen LogP contribution >= 0.6 is 0 Å². The first kappa shape index (κ1) is 26.5. The SMILES string of the molecule is CCC(CC)(OC)[C@@H]1CCCN1N1CC[C@H]([C@@H](CNC(=O)OC(C)(C)C)c2ccccc2)C1=O. The third-order valence-electron chi connectivity index (χ3n) is 7.55. The number of alkyl carbamates (subject to hydrolysis) is 1. The lowest BCUT2D eigenvalue weighted by molar-refractivity contribution is -0.162. The summed E-state index contributed by atoms with van der Waals surface area (Å²) in [5.74, 6) is -0.167. The van der Waals surface area contributed by atoms with Crippen LogP contribution in [0.25, 0.3) is 0 Å². The van der Waals surface area contributed by atoms with Gasteiger partial charge < -0.3 is 14.8 Å². The fourth-order valence-corrected chi connectivity index (χ4v) is 5.74. The number of hydrazine groups is 1. The molecule has 7 nitrogen and oxygen atoms in total. The summed E-state index contributed by atoms with van der Waals surface area (Å²) in [7, 11) is 1.80. The quantitative estimate of drug-likeness (QED) is 0.562. The molecule has 34 heavy (non-hydrogen) atoms. The van der Waals surface area contributed by atoms with Gasteiger partial charge in [0.05, 0.1) is 11.6 Å². The number of hydrogen-bond acceptors (Lipinski definition) is 5. The normalized spacial score (nSPS) is 22.8. The van der Waals surface area contributed by atoms with E-state index in [9.17, 15) is 9.59 Å². The number of carbonyl (C=O) groups excluding carboxylic acids is 2. The lowest BCUT2D eigenvalue weighted by Crippen LogP contribution is -2.57. The highest BCUT2D eigenvalue weighted by atomic mass is 16.6. The Bertz CT molecular complexity index is 811. The van der Waals surface area contributed by atoms with Crippen molar-refractivity contribution < 1.29 is 19.1 Å². The number of methoxy groups -OCH3 is 1. The van der Waals surface area contributed by atoms with Crippen LogP contribution in [-0.2, 0) is 14.3 Å². The highest BCUT2D eigenvalue weighted by Crippen LogP contribution is 2.39. The van der Waals surface area contributed by atoms with Crippen LogP contribution in [0.15, 0.2) is 30.3 Å². The molecule has 2 aliphatic rings. The van der Waals surface area contributed by atoms with E-state index in [-0.39, 0.29) is 29.4 Å². The van der Waals surface area contributed by atoms with E-state index in [1.807, 2.05) is 56.1 Å². The van der Waals surface area contributed by atoms with E-state index in [4.69, 9.17) is 9.47 Å². The molecule has 2 aliphatic heterocycles. The molecule has 3 rings (SSSR count). The number of amides is 2. The van der Waals surface area contributed by atoms with E-state index in [1.54, 1.807) is 7.11 Å². The number of ether oxygens (including phenoxy) is 2. The Balaban J connectivity index is 1.78. The largest absolute Gasteiger partial charge is 0.444 e. The van der Waals surface area contributed by atoms with Crippen molar-refractivity contribution in [3.63, 3.8) is 0 Å². The lowest BCUT2D eigenvalue weighted by atomic mass is 9.85. The Morgan fingerprint density at radius 2 is 1.79 bits per heavy atom. The predicted octanol–water partition coefficient (Wildman–Crippen LogP) is 4.73. The number of hydrogen-bond donors (Lipinski definition) is 1. The first-order valence-corrected chi connectivity index (χ1v) is 12.8. The van der Waals surface area contributed by atoms with Gasteiger partial charge in [0.1, 0.15) is 5.60 Å². The molecule has 190 valence electrons. The molecule has 7 heteroatoms. The van der Waals surface area contributed by atoms with Crippen LogP contribution in [0.3, 0.4) is 0 Å². The minimum atomic E-state index is -0.566. The van der Waals surface area contributed by atoms with E-state index in [2.05, 4.69) is 24.2 Å². The van der Waals surface area contributed by atoms with Gasteiger partial charge in [0.25, 0.3) is 0 Å². The van der Waals surface area contributed by atoms with Gasteiger partial charge in [-0.05, 0) is 58.4 Å². The predicted molar refractivity (Wildman–Crippen MR) is 133 cm³/mol. The molecule has 2 heterocycles. The molecule has 2 fully saturated rings. The van der Waals surface area contributed by atoms with Crippen molar-refractivity contribution >= 4 is 12.0 Å². The molecule has 2 amide bonds. The Morgan fingerprint density at radius 3 is 2.38 bits per heavy atom. The lowest BCUT2D eigenvalue weighted by Gasteiger charge is -2.44. The third kappa shape index (κ3) is 5.74. The minimum absolute atomic E-state index is 0.114. The Kier molecular flexibility index (Phi) is 8.63. The van der Waals surface area contributed by atoms with E-state index in [1.165, 1.54) is 0 Å². The maximum Gasteiger partial charge on any atom is 0.407 e. The summed E-state index contributed by atoms with van der Waals surface area (Å²) in [5.41, 5.74) is 0.250. The summed E-state index contributed by atoms with van der Waals surface area (Å²) in [4.78, 5) is 26.2. The molecule has 3 atom stereocenters. The molecule has 0 aliphatic carbocycles. The summed E-state index contributed by atoms with van der Waals surface area (Å²) < 4.78 is 11.5. The van der Waals surface area contributed by atoms with E-state index >= 15 is 0 Å². The smallest absolute Gasteiger partial charge is 0.407 e. The molecule has 0 unspecified atom stereocenters. The van der Waals surface area contributed by atoms with Crippen LogP contribution in [-0.4, -0.2) is 66.0 Å². The molecule has 0 spiro atoms. The number of benzene rings is 1. The highest BCUT2D eigenvalue weighted by Gasteiger charge is 2.48. The maximum absolute atomic E-state index is 13.8. The second-order valence-corrected chi connectivity index (χ2v) is 10.6. The van der Waals surface area contributed by atoms with Gasteiger partial charge in [0, 0.05) is 38.6 Å². The number of nitrogens with zero attached hydrogens (tertiary/aromatic N) is 2. The van der Waals surface area contributed by atoms with Crippen LogP contribution in [0, 0.1) is 5.92 Å². The van der Waals surface area contributed by atoms with Gasteiger partial charge in [-0.25, -0.2) is 9.80 Å². The average molecular weight is 474 g/mol. The Labute approximate surface area is 205 Å². The molecule has 2 saturated heterocycles. The van der Waals surface area contributed by atoms with Gasteiger partial charge in [-0.1, -0.05) is 44.2 Å². The molecule has 0 aromatic heterocycles. The van der Waals surface area contributed by atoms with E-state index < -0.39 is 11.7 Å². The van der Waals surface area contributed by atoms with Crippen molar-refractivity contribution in [2.45, 2.75) is 89.9 Å². The fourth-order valence-electron chi connectivity index (χ4n) is 5.74. The minimum Gasteiger partial charge on any atom is -0.444 e. The molecular formula is C27H43N3O4. The van der Waals surface area contributed by atoms with Crippen molar-refractivity contribution in [3.05, 3.63) is 35.9 Å². The van der Waals surface area contributed by atoms with Crippen molar-refractivity contribution in [1.82, 2.24) is 15.3 Å². The third-order valence-corrected chi connectivity index (χ3v) is 7.55. The highest BCUT2D eigenvalue weighted by molar-refractivity contribution is 5.81. The monoisotopic (exact) mass is 473 g/mol. The zero-order valence-electron chi connectivity index (χ0n) is 21.8. The van der Waals surface area contributed by atoms with Gasteiger partial charge >= 0.3 is 6.09 Å². The Morgan fingerprint density at radius 1 is 1.12 bits per heavy atom. The first-order chi connectivity index (χ1) is 16.2. The molecule has 1 aromatic rings. The zero-order valence-corrected chi connectivity index (χ0v) is 21.8. The molecule has 0 radical (unpaired) electrons. The zero-order chi connectivity index (χ0) is 24.9. The number of rotatable bonds is 9. The van der Waals surface area contributed by atoms with Crippen molar-refractivity contribution in [3.8, 4) is 0 Å². The molecule has 1 aromatic carbocycles. The summed E-state index contributed by atoms with van der Waals surface area (Å²) in [6, 6.07) is 10.2. The van der Waals surface area contributed by atoms with Gasteiger partial charge in [0.15, 0.2) is 0 Å². The van der Waals surface area contributed by atoms with Crippen molar-refractivity contribution in [2.24, 2.45) is 5.92 Å². The summed E-state index contributed by atoms with van der Waals surface area (Å²) >= 11 is 0. The molecule has 0 bridgehead atoms. The van der Waals surface area contributed by atoms with Crippen LogP contribution < -0.4 is 5.32 Å². The first-order valence-electron chi connectivity index (χ1n) is 12.8. The van der Waals surface area contributed by atoms with Crippen LogP contribution in [0.4, 0.5) is 4.79 Å². The van der Waals surface area contributed by atoms with Gasteiger partial charge in [-0.2, -0.15) is 0 Å². The van der Waals surface area contributed by atoms with Crippen molar-refractivity contribution in [1.29, 1.82) is 0 Å².